The molecule has 2 saturated heterocycles. The first-order valence-electron chi connectivity index (χ1n) is 12.6. The van der Waals surface area contributed by atoms with Crippen molar-refractivity contribution in [2.45, 2.75) is 13.5 Å². The first-order chi connectivity index (χ1) is 19.2. The number of aromatic nitrogens is 1. The van der Waals surface area contributed by atoms with Crippen LogP contribution in [-0.2, 0) is 18.4 Å². The molecule has 5 rings (SSSR count). The van der Waals surface area contributed by atoms with Crippen LogP contribution in [0, 0.1) is 29.9 Å². The Morgan fingerprint density at radius 1 is 0.975 bits per heavy atom. The number of amides is 1. The Morgan fingerprint density at radius 3 is 2.15 bits per heavy atom. The fraction of sp³-hybridized carbons (Fsp3) is 0.241. The zero-order chi connectivity index (χ0) is 28.6. The first kappa shape index (κ1) is 27.6. The summed E-state index contributed by atoms with van der Waals surface area (Å²) in [6.45, 7) is 4.33. The molecule has 0 bridgehead atoms. The number of carbonyl (C=O) groups is 1. The third kappa shape index (κ3) is 5.24. The van der Waals surface area contributed by atoms with Crippen LogP contribution in [0.25, 0.3) is 6.08 Å². The van der Waals surface area contributed by atoms with E-state index in [0.717, 1.165) is 23.0 Å². The van der Waals surface area contributed by atoms with E-state index in [1.165, 1.54) is 33.7 Å². The number of pyridine rings is 1. The van der Waals surface area contributed by atoms with Crippen molar-refractivity contribution >= 4 is 51.8 Å². The molecule has 0 aliphatic carbocycles. The van der Waals surface area contributed by atoms with E-state index in [1.54, 1.807) is 44.3 Å². The third-order valence-corrected chi connectivity index (χ3v) is 8.52. The van der Waals surface area contributed by atoms with Crippen molar-refractivity contribution in [2.24, 2.45) is 7.05 Å². The Bertz CT molecular complexity index is 1620. The molecule has 2 fully saturated rings. The Morgan fingerprint density at radius 2 is 1.55 bits per heavy atom. The van der Waals surface area contributed by atoms with Crippen LogP contribution in [0.5, 0.6) is 0 Å². The molecule has 204 valence electrons. The monoisotopic (exact) mass is 577 g/mol. The lowest BCUT2D eigenvalue weighted by Crippen LogP contribution is -2.48. The molecule has 40 heavy (non-hydrogen) atoms. The Hall–Kier alpha value is -4.01. The molecule has 0 N–H and O–H groups in total. The van der Waals surface area contributed by atoms with Crippen LogP contribution >= 0.6 is 24.0 Å². The van der Waals surface area contributed by atoms with Gasteiger partial charge >= 0.3 is 0 Å². The predicted octanol–water partition coefficient (Wildman–Crippen LogP) is 4.57. The average Bonchev–Trinajstić information content (AvgIpc) is 3.21. The van der Waals surface area contributed by atoms with E-state index in [-0.39, 0.29) is 29.6 Å². The molecule has 2 aliphatic rings. The fourth-order valence-electron chi connectivity index (χ4n) is 4.96. The van der Waals surface area contributed by atoms with Crippen LogP contribution in [0.3, 0.4) is 0 Å². The van der Waals surface area contributed by atoms with Crippen molar-refractivity contribution < 1.29 is 13.6 Å². The molecule has 1 aromatic heterocycles. The van der Waals surface area contributed by atoms with Gasteiger partial charge in [0, 0.05) is 44.5 Å². The van der Waals surface area contributed by atoms with Crippen molar-refractivity contribution in [2.75, 3.05) is 36.0 Å². The predicted molar refractivity (Wildman–Crippen MR) is 157 cm³/mol. The second-order valence-electron chi connectivity index (χ2n) is 9.56. The second-order valence-corrected chi connectivity index (χ2v) is 11.2. The van der Waals surface area contributed by atoms with Crippen molar-refractivity contribution in [1.82, 2.24) is 9.47 Å². The van der Waals surface area contributed by atoms with Gasteiger partial charge in [0.2, 0.25) is 0 Å². The lowest BCUT2D eigenvalue weighted by atomic mass is 10.0. The van der Waals surface area contributed by atoms with Gasteiger partial charge in [-0.2, -0.15) is 5.26 Å². The summed E-state index contributed by atoms with van der Waals surface area (Å²) >= 11 is 6.65. The number of anilines is 2. The van der Waals surface area contributed by atoms with Crippen LogP contribution in [0.2, 0.25) is 0 Å². The number of halogens is 2. The largest absolute Gasteiger partial charge is 0.368 e. The van der Waals surface area contributed by atoms with E-state index in [2.05, 4.69) is 9.80 Å². The second kappa shape index (κ2) is 11.2. The number of thioether (sulfide) groups is 1. The number of hydrogen-bond donors (Lipinski definition) is 0. The molecule has 0 saturated carbocycles. The van der Waals surface area contributed by atoms with Gasteiger partial charge in [-0.05, 0) is 60.5 Å². The minimum atomic E-state index is -0.406. The zero-order valence-corrected chi connectivity index (χ0v) is 23.5. The standard InChI is InChI=1S/C29H25F2N5O2S2/c1-18-23(15-25-28(38)36(29(39)40-25)17-19-3-5-20(30)6-4-19)26(33(2)27(37)24(18)16-32)35-13-11-34(12-14-35)22-9-7-21(31)8-10-22/h3-10,15H,11-14,17H2,1-2H3. The van der Waals surface area contributed by atoms with Crippen LogP contribution in [0.15, 0.2) is 58.2 Å². The maximum absolute atomic E-state index is 13.4. The normalized spacial score (nSPS) is 16.7. The molecule has 0 radical (unpaired) electrons. The molecule has 0 spiro atoms. The number of hydrogen-bond acceptors (Lipinski definition) is 7. The summed E-state index contributed by atoms with van der Waals surface area (Å²) in [6, 6.07) is 14.3. The van der Waals surface area contributed by atoms with Crippen LogP contribution in [0.1, 0.15) is 22.3 Å². The fourth-order valence-corrected chi connectivity index (χ4v) is 6.20. The Kier molecular flexibility index (Phi) is 7.74. The maximum atomic E-state index is 13.4. The van der Waals surface area contributed by atoms with Gasteiger partial charge in [0.1, 0.15) is 33.4 Å². The number of nitriles is 1. The highest BCUT2D eigenvalue weighted by Crippen LogP contribution is 2.36. The van der Waals surface area contributed by atoms with Crippen molar-refractivity contribution in [3.8, 4) is 6.07 Å². The lowest BCUT2D eigenvalue weighted by Gasteiger charge is -2.38. The smallest absolute Gasteiger partial charge is 0.270 e. The topological polar surface area (TPSA) is 72.6 Å². The molecule has 3 heterocycles. The quantitative estimate of drug-likeness (QED) is 0.325. The average molecular weight is 578 g/mol. The van der Waals surface area contributed by atoms with Crippen molar-refractivity contribution in [3.63, 3.8) is 0 Å². The lowest BCUT2D eigenvalue weighted by molar-refractivity contribution is -0.122. The van der Waals surface area contributed by atoms with E-state index < -0.39 is 5.56 Å². The molecular weight excluding hydrogens is 552 g/mol. The SMILES string of the molecule is Cc1c(C=C2SC(=S)N(Cc3ccc(F)cc3)C2=O)c(N2CCN(c3ccc(F)cc3)CC2)n(C)c(=O)c1C#N. The van der Waals surface area contributed by atoms with Crippen LogP contribution in [0.4, 0.5) is 20.3 Å². The van der Waals surface area contributed by atoms with E-state index >= 15 is 0 Å². The Labute approximate surface area is 239 Å². The van der Waals surface area contributed by atoms with Crippen LogP contribution < -0.4 is 15.4 Å². The number of benzene rings is 2. The van der Waals surface area contributed by atoms with Crippen molar-refractivity contribution in [3.05, 3.63) is 97.7 Å². The maximum Gasteiger partial charge on any atom is 0.270 e. The Balaban J connectivity index is 1.48. The number of carbonyl (C=O) groups excluding carboxylic acids is 1. The van der Waals surface area contributed by atoms with Gasteiger partial charge in [0.05, 0.1) is 11.4 Å². The van der Waals surface area contributed by atoms with Gasteiger partial charge < -0.3 is 9.80 Å². The molecule has 2 aromatic carbocycles. The van der Waals surface area contributed by atoms with Gasteiger partial charge in [-0.25, -0.2) is 8.78 Å². The summed E-state index contributed by atoms with van der Waals surface area (Å²) in [7, 11) is 1.63. The summed E-state index contributed by atoms with van der Waals surface area (Å²) in [5, 5.41) is 9.75. The summed E-state index contributed by atoms with van der Waals surface area (Å²) in [6.07, 6.45) is 1.71. The minimum Gasteiger partial charge on any atom is -0.368 e. The van der Waals surface area contributed by atoms with E-state index in [9.17, 15) is 23.6 Å². The number of rotatable bonds is 5. The third-order valence-electron chi connectivity index (χ3n) is 7.14. The molecular formula is C29H25F2N5O2S2. The zero-order valence-electron chi connectivity index (χ0n) is 21.9. The molecule has 7 nitrogen and oxygen atoms in total. The highest BCUT2D eigenvalue weighted by molar-refractivity contribution is 8.26. The summed E-state index contributed by atoms with van der Waals surface area (Å²) < 4.78 is 28.6. The highest BCUT2D eigenvalue weighted by Gasteiger charge is 2.33. The number of nitrogens with zero attached hydrogens (tertiary/aromatic N) is 5. The van der Waals surface area contributed by atoms with Gasteiger partial charge in [0.25, 0.3) is 11.5 Å². The van der Waals surface area contributed by atoms with E-state index in [1.807, 2.05) is 6.07 Å². The summed E-state index contributed by atoms with van der Waals surface area (Å²) in [4.78, 5) is 32.6. The van der Waals surface area contributed by atoms with Gasteiger partial charge in [-0.3, -0.25) is 19.1 Å². The summed E-state index contributed by atoms with van der Waals surface area (Å²) in [5.41, 5.74) is 2.36. The van der Waals surface area contributed by atoms with Gasteiger partial charge in [0.15, 0.2) is 0 Å². The summed E-state index contributed by atoms with van der Waals surface area (Å²) in [5.74, 6) is -0.334. The van der Waals surface area contributed by atoms with Crippen molar-refractivity contribution in [1.29, 1.82) is 5.26 Å². The molecule has 0 unspecified atom stereocenters. The minimum absolute atomic E-state index is 0.0178. The van der Waals surface area contributed by atoms with Gasteiger partial charge in [-0.15, -0.1) is 0 Å². The first-order valence-corrected chi connectivity index (χ1v) is 13.8. The number of piperazine rings is 1. The molecule has 3 aromatic rings. The number of thiocarbonyl (C=S) groups is 1. The highest BCUT2D eigenvalue weighted by atomic mass is 32.2. The molecule has 1 amide bonds. The van der Waals surface area contributed by atoms with Crippen LogP contribution in [-0.4, -0.2) is 45.9 Å². The molecule has 11 heteroatoms. The van der Waals surface area contributed by atoms with E-state index in [0.29, 0.717) is 52.3 Å². The molecule has 0 atom stereocenters. The van der Waals surface area contributed by atoms with E-state index in [4.69, 9.17) is 12.2 Å². The molecule has 2 aliphatic heterocycles. The van der Waals surface area contributed by atoms with Gasteiger partial charge in [-0.1, -0.05) is 36.1 Å².